The molecule has 0 bridgehead atoms. The Labute approximate surface area is 97.2 Å². The summed E-state index contributed by atoms with van der Waals surface area (Å²) in [5.41, 5.74) is -3.60. The molecule has 0 amide bonds. The van der Waals surface area contributed by atoms with Gasteiger partial charge in [-0.05, 0) is 13.0 Å². The maximum absolute atomic E-state index is 13.2. The SMILES string of the molecule is CCOC(=O)c1c(F)cc(C(F)(F)F)c(F)c1F. The highest BCUT2D eigenvalue weighted by Gasteiger charge is 2.38. The molecule has 0 N–H and O–H groups in total. The molecule has 1 rings (SSSR count). The van der Waals surface area contributed by atoms with Crippen LogP contribution in [-0.4, -0.2) is 12.6 Å². The largest absolute Gasteiger partial charge is 0.462 e. The summed E-state index contributed by atoms with van der Waals surface area (Å²) in [5, 5.41) is 0. The molecule has 0 heterocycles. The molecule has 1 aromatic carbocycles. The van der Waals surface area contributed by atoms with Crippen LogP contribution in [0.15, 0.2) is 6.07 Å². The fourth-order valence-corrected chi connectivity index (χ4v) is 1.19. The van der Waals surface area contributed by atoms with E-state index in [0.717, 1.165) is 0 Å². The number of benzene rings is 1. The molecular formula is C10H6F6O2. The summed E-state index contributed by atoms with van der Waals surface area (Å²) in [5.74, 6) is -7.97. The second-order valence-electron chi connectivity index (χ2n) is 3.13. The molecular weight excluding hydrogens is 266 g/mol. The molecule has 0 atom stereocenters. The molecule has 0 unspecified atom stereocenters. The highest BCUT2D eigenvalue weighted by molar-refractivity contribution is 5.90. The molecule has 1 aromatic rings. The van der Waals surface area contributed by atoms with Crippen LogP contribution in [0, 0.1) is 17.5 Å². The van der Waals surface area contributed by atoms with Gasteiger partial charge in [0.25, 0.3) is 0 Å². The fraction of sp³-hybridized carbons (Fsp3) is 0.300. The molecule has 0 radical (unpaired) electrons. The van der Waals surface area contributed by atoms with E-state index in [1.807, 2.05) is 0 Å². The van der Waals surface area contributed by atoms with Crippen molar-refractivity contribution in [3.63, 3.8) is 0 Å². The van der Waals surface area contributed by atoms with Crippen molar-refractivity contribution in [1.82, 2.24) is 0 Å². The number of carbonyl (C=O) groups is 1. The average Bonchev–Trinajstić information content (AvgIpc) is 2.22. The van der Waals surface area contributed by atoms with E-state index in [0.29, 0.717) is 0 Å². The van der Waals surface area contributed by atoms with Gasteiger partial charge in [0.2, 0.25) is 0 Å². The highest BCUT2D eigenvalue weighted by Crippen LogP contribution is 2.34. The van der Waals surface area contributed by atoms with E-state index in [-0.39, 0.29) is 12.7 Å². The van der Waals surface area contributed by atoms with Crippen molar-refractivity contribution >= 4 is 5.97 Å². The summed E-state index contributed by atoms with van der Waals surface area (Å²) in [6.45, 7) is 1.05. The summed E-state index contributed by atoms with van der Waals surface area (Å²) in [7, 11) is 0. The second kappa shape index (κ2) is 4.87. The van der Waals surface area contributed by atoms with Crippen molar-refractivity contribution in [2.75, 3.05) is 6.61 Å². The number of hydrogen-bond donors (Lipinski definition) is 0. The molecule has 8 heteroatoms. The quantitative estimate of drug-likeness (QED) is 0.469. The average molecular weight is 272 g/mol. The first-order valence-electron chi connectivity index (χ1n) is 4.62. The first kappa shape index (κ1) is 14.3. The van der Waals surface area contributed by atoms with Crippen molar-refractivity contribution in [3.05, 3.63) is 34.6 Å². The van der Waals surface area contributed by atoms with Crippen LogP contribution in [0.3, 0.4) is 0 Å². The minimum Gasteiger partial charge on any atom is -0.462 e. The molecule has 100 valence electrons. The minimum atomic E-state index is -5.26. The Morgan fingerprint density at radius 1 is 1.22 bits per heavy atom. The fourth-order valence-electron chi connectivity index (χ4n) is 1.19. The van der Waals surface area contributed by atoms with Crippen LogP contribution in [-0.2, 0) is 10.9 Å². The summed E-state index contributed by atoms with van der Waals surface area (Å²) < 4.78 is 80.3. The number of hydrogen-bond acceptors (Lipinski definition) is 2. The van der Waals surface area contributed by atoms with Gasteiger partial charge in [-0.25, -0.2) is 18.0 Å². The Kier molecular flexibility index (Phi) is 3.88. The molecule has 18 heavy (non-hydrogen) atoms. The van der Waals surface area contributed by atoms with E-state index < -0.39 is 40.7 Å². The predicted molar refractivity (Wildman–Crippen MR) is 47.3 cm³/mol. The van der Waals surface area contributed by atoms with Crippen LogP contribution >= 0.6 is 0 Å². The van der Waals surface area contributed by atoms with Crippen LogP contribution in [0.5, 0.6) is 0 Å². The number of esters is 1. The molecule has 0 aliphatic heterocycles. The molecule has 0 aromatic heterocycles. The van der Waals surface area contributed by atoms with Crippen molar-refractivity contribution in [3.8, 4) is 0 Å². The predicted octanol–water partition coefficient (Wildman–Crippen LogP) is 3.30. The number of halogens is 6. The Morgan fingerprint density at radius 3 is 2.22 bits per heavy atom. The maximum atomic E-state index is 13.2. The number of rotatable bonds is 2. The molecule has 0 saturated carbocycles. The van der Waals surface area contributed by atoms with Gasteiger partial charge in [0.1, 0.15) is 11.4 Å². The van der Waals surface area contributed by atoms with Gasteiger partial charge >= 0.3 is 12.1 Å². The monoisotopic (exact) mass is 272 g/mol. The van der Waals surface area contributed by atoms with Gasteiger partial charge in [-0.1, -0.05) is 0 Å². The van der Waals surface area contributed by atoms with E-state index in [4.69, 9.17) is 0 Å². The Morgan fingerprint density at radius 2 is 1.78 bits per heavy atom. The molecule has 0 spiro atoms. The molecule has 2 nitrogen and oxygen atoms in total. The lowest BCUT2D eigenvalue weighted by Gasteiger charge is -2.11. The van der Waals surface area contributed by atoms with Crippen LogP contribution in [0.25, 0.3) is 0 Å². The topological polar surface area (TPSA) is 26.3 Å². The van der Waals surface area contributed by atoms with Crippen molar-refractivity contribution in [1.29, 1.82) is 0 Å². The zero-order chi connectivity index (χ0) is 14.1. The van der Waals surface area contributed by atoms with Gasteiger partial charge in [-0.2, -0.15) is 13.2 Å². The van der Waals surface area contributed by atoms with Gasteiger partial charge < -0.3 is 4.74 Å². The Hall–Kier alpha value is -1.73. The normalized spacial score (nSPS) is 11.5. The van der Waals surface area contributed by atoms with Gasteiger partial charge in [0.05, 0.1) is 12.2 Å². The van der Waals surface area contributed by atoms with Gasteiger partial charge in [-0.3, -0.25) is 0 Å². The van der Waals surface area contributed by atoms with Gasteiger partial charge in [-0.15, -0.1) is 0 Å². The highest BCUT2D eigenvalue weighted by atomic mass is 19.4. The van der Waals surface area contributed by atoms with E-state index in [1.165, 1.54) is 6.92 Å². The van der Waals surface area contributed by atoms with Crippen molar-refractivity contribution < 1.29 is 35.9 Å². The number of ether oxygens (including phenoxy) is 1. The summed E-state index contributed by atoms with van der Waals surface area (Å²) >= 11 is 0. The second-order valence-corrected chi connectivity index (χ2v) is 3.13. The summed E-state index contributed by atoms with van der Waals surface area (Å²) in [6.07, 6.45) is -5.26. The lowest BCUT2D eigenvalue weighted by Crippen LogP contribution is -2.17. The van der Waals surface area contributed by atoms with Gasteiger partial charge in [0, 0.05) is 0 Å². The minimum absolute atomic E-state index is 0.264. The number of carbonyl (C=O) groups excluding carboxylic acids is 1. The zero-order valence-corrected chi connectivity index (χ0v) is 8.87. The maximum Gasteiger partial charge on any atom is 0.419 e. The smallest absolute Gasteiger partial charge is 0.419 e. The third-order valence-electron chi connectivity index (χ3n) is 1.94. The summed E-state index contributed by atoms with van der Waals surface area (Å²) in [6, 6.07) is -0.287. The molecule has 0 aliphatic carbocycles. The lowest BCUT2D eigenvalue weighted by atomic mass is 10.1. The Bertz CT molecular complexity index is 480. The molecule has 0 fully saturated rings. The standard InChI is InChI=1S/C10H6F6O2/c1-2-18-9(17)6-5(11)3-4(10(14,15)16)7(12)8(6)13/h3H,2H2,1H3. The molecule has 0 aliphatic rings. The van der Waals surface area contributed by atoms with Crippen molar-refractivity contribution in [2.45, 2.75) is 13.1 Å². The van der Waals surface area contributed by atoms with E-state index >= 15 is 0 Å². The van der Waals surface area contributed by atoms with E-state index in [2.05, 4.69) is 4.74 Å². The summed E-state index contributed by atoms with van der Waals surface area (Å²) in [4.78, 5) is 11.0. The van der Waals surface area contributed by atoms with Crippen LogP contribution in [0.1, 0.15) is 22.8 Å². The third-order valence-corrected chi connectivity index (χ3v) is 1.94. The first-order chi connectivity index (χ1) is 8.20. The van der Waals surface area contributed by atoms with E-state index in [9.17, 15) is 31.1 Å². The van der Waals surface area contributed by atoms with Crippen LogP contribution in [0.2, 0.25) is 0 Å². The first-order valence-corrected chi connectivity index (χ1v) is 4.62. The lowest BCUT2D eigenvalue weighted by molar-refractivity contribution is -0.140. The Balaban J connectivity index is 3.43. The van der Waals surface area contributed by atoms with E-state index in [1.54, 1.807) is 0 Å². The number of alkyl halides is 3. The van der Waals surface area contributed by atoms with Crippen molar-refractivity contribution in [2.24, 2.45) is 0 Å². The van der Waals surface area contributed by atoms with Crippen LogP contribution in [0.4, 0.5) is 26.3 Å². The zero-order valence-electron chi connectivity index (χ0n) is 8.87. The van der Waals surface area contributed by atoms with Crippen LogP contribution < -0.4 is 0 Å². The third kappa shape index (κ3) is 2.57. The van der Waals surface area contributed by atoms with Gasteiger partial charge in [0.15, 0.2) is 11.6 Å². The molecule has 0 saturated heterocycles.